The minimum Gasteiger partial charge on any atom is -0.478 e. The minimum absolute atomic E-state index is 0.0474. The summed E-state index contributed by atoms with van der Waals surface area (Å²) in [6, 6.07) is 2.64. The number of carboxylic acids is 1. The Kier molecular flexibility index (Phi) is 3.92. The Morgan fingerprint density at radius 2 is 2.10 bits per heavy atom. The fraction of sp³-hybridized carbons (Fsp3) is 0.429. The highest BCUT2D eigenvalue weighted by atomic mass is 19.1. The van der Waals surface area contributed by atoms with Gasteiger partial charge in [0.25, 0.3) is 0 Å². The quantitative estimate of drug-likeness (QED) is 0.793. The third-order valence-electron chi connectivity index (χ3n) is 3.70. The normalized spacial score (nSPS) is 16.1. The number of amides is 2. The van der Waals surface area contributed by atoms with Gasteiger partial charge in [-0.3, -0.25) is 0 Å². The van der Waals surface area contributed by atoms with Crippen molar-refractivity contribution in [3.05, 3.63) is 29.6 Å². The zero-order chi connectivity index (χ0) is 14.8. The van der Waals surface area contributed by atoms with Crippen LogP contribution < -0.4 is 10.6 Å². The number of carboxylic acid groups (broad SMARTS) is 1. The molecule has 0 heterocycles. The first-order chi connectivity index (χ1) is 9.39. The molecule has 0 aliphatic heterocycles. The molecule has 0 aromatic heterocycles. The molecule has 20 heavy (non-hydrogen) atoms. The molecule has 108 valence electrons. The number of anilines is 1. The summed E-state index contributed by atoms with van der Waals surface area (Å²) in [4.78, 5) is 22.7. The monoisotopic (exact) mass is 280 g/mol. The second-order valence-electron chi connectivity index (χ2n) is 5.47. The molecule has 0 spiro atoms. The van der Waals surface area contributed by atoms with Crippen LogP contribution >= 0.6 is 0 Å². The van der Waals surface area contributed by atoms with Crippen molar-refractivity contribution >= 4 is 17.7 Å². The van der Waals surface area contributed by atoms with Crippen LogP contribution in [-0.4, -0.2) is 23.7 Å². The Balaban J connectivity index is 1.99. The van der Waals surface area contributed by atoms with E-state index < -0.39 is 17.8 Å². The molecule has 0 saturated heterocycles. The largest absolute Gasteiger partial charge is 0.478 e. The predicted molar refractivity (Wildman–Crippen MR) is 72.3 cm³/mol. The highest BCUT2D eigenvalue weighted by Crippen LogP contribution is 2.39. The summed E-state index contributed by atoms with van der Waals surface area (Å²) in [6.07, 6.45) is 3.29. The van der Waals surface area contributed by atoms with Crippen molar-refractivity contribution in [3.8, 4) is 0 Å². The van der Waals surface area contributed by atoms with Crippen LogP contribution in [0.3, 0.4) is 0 Å². The molecule has 2 rings (SSSR count). The summed E-state index contributed by atoms with van der Waals surface area (Å²) in [5.41, 5.74) is -0.0697. The molecule has 2 amide bonds. The molecule has 5 nitrogen and oxygen atoms in total. The lowest BCUT2D eigenvalue weighted by molar-refractivity contribution is 0.0698. The maximum absolute atomic E-state index is 13.1. The lowest BCUT2D eigenvalue weighted by atomic mass is 9.70. The van der Waals surface area contributed by atoms with Crippen molar-refractivity contribution in [3.63, 3.8) is 0 Å². The summed E-state index contributed by atoms with van der Waals surface area (Å²) in [6.45, 7) is 2.61. The average Bonchev–Trinajstić information content (AvgIpc) is 2.33. The van der Waals surface area contributed by atoms with E-state index in [1.165, 1.54) is 0 Å². The number of halogens is 1. The van der Waals surface area contributed by atoms with Gasteiger partial charge in [-0.05, 0) is 36.5 Å². The third kappa shape index (κ3) is 3.26. The van der Waals surface area contributed by atoms with Gasteiger partial charge in [-0.15, -0.1) is 0 Å². The smallest absolute Gasteiger partial charge is 0.337 e. The van der Waals surface area contributed by atoms with Gasteiger partial charge in [-0.25, -0.2) is 14.0 Å². The van der Waals surface area contributed by atoms with Crippen molar-refractivity contribution in [1.29, 1.82) is 0 Å². The summed E-state index contributed by atoms with van der Waals surface area (Å²) >= 11 is 0. The molecule has 0 unspecified atom stereocenters. The summed E-state index contributed by atoms with van der Waals surface area (Å²) in [5.74, 6) is -1.82. The Morgan fingerprint density at radius 1 is 1.40 bits per heavy atom. The van der Waals surface area contributed by atoms with E-state index in [-0.39, 0.29) is 16.7 Å². The summed E-state index contributed by atoms with van der Waals surface area (Å²) in [5, 5.41) is 14.1. The van der Waals surface area contributed by atoms with E-state index in [0.717, 1.165) is 37.5 Å². The zero-order valence-corrected chi connectivity index (χ0v) is 11.2. The maximum Gasteiger partial charge on any atom is 0.337 e. The fourth-order valence-electron chi connectivity index (χ4n) is 2.22. The van der Waals surface area contributed by atoms with Crippen LogP contribution in [0.4, 0.5) is 14.9 Å². The molecule has 0 bridgehead atoms. The Labute approximate surface area is 116 Å². The average molecular weight is 280 g/mol. The lowest BCUT2D eigenvalue weighted by Gasteiger charge is -2.38. The standard InChI is InChI=1S/C14H17FN2O3/c1-14(5-2-6-14)8-16-13(20)17-11-7-9(15)3-4-10(11)12(18)19/h3-4,7H,2,5-6,8H2,1H3,(H,18,19)(H2,16,17,20). The van der Waals surface area contributed by atoms with E-state index >= 15 is 0 Å². The molecule has 1 fully saturated rings. The molecule has 6 heteroatoms. The number of aromatic carboxylic acids is 1. The van der Waals surface area contributed by atoms with Gasteiger partial charge >= 0.3 is 12.0 Å². The number of carbonyl (C=O) groups is 2. The topological polar surface area (TPSA) is 78.4 Å². The van der Waals surface area contributed by atoms with Gasteiger partial charge < -0.3 is 15.7 Å². The van der Waals surface area contributed by atoms with Crippen molar-refractivity contribution in [2.75, 3.05) is 11.9 Å². The second kappa shape index (κ2) is 5.48. The number of urea groups is 1. The molecule has 1 saturated carbocycles. The van der Waals surface area contributed by atoms with Gasteiger partial charge in [0.15, 0.2) is 0 Å². The van der Waals surface area contributed by atoms with Crippen molar-refractivity contribution in [2.45, 2.75) is 26.2 Å². The predicted octanol–water partition coefficient (Wildman–Crippen LogP) is 2.84. The maximum atomic E-state index is 13.1. The lowest BCUT2D eigenvalue weighted by Crippen LogP contribution is -2.41. The van der Waals surface area contributed by atoms with Gasteiger partial charge in [0.2, 0.25) is 0 Å². The zero-order valence-electron chi connectivity index (χ0n) is 11.2. The highest BCUT2D eigenvalue weighted by molar-refractivity contribution is 5.99. The van der Waals surface area contributed by atoms with Gasteiger partial charge in [-0.1, -0.05) is 13.3 Å². The summed E-state index contributed by atoms with van der Waals surface area (Å²) in [7, 11) is 0. The Morgan fingerprint density at radius 3 is 2.65 bits per heavy atom. The van der Waals surface area contributed by atoms with E-state index in [4.69, 9.17) is 5.11 Å². The number of rotatable bonds is 4. The van der Waals surface area contributed by atoms with Crippen LogP contribution in [0.25, 0.3) is 0 Å². The van der Waals surface area contributed by atoms with Crippen LogP contribution in [0.5, 0.6) is 0 Å². The SMILES string of the molecule is CC1(CNC(=O)Nc2cc(F)ccc2C(=O)O)CCC1. The number of nitrogens with one attached hydrogen (secondary N) is 2. The van der Waals surface area contributed by atoms with E-state index in [2.05, 4.69) is 17.6 Å². The van der Waals surface area contributed by atoms with E-state index in [1.54, 1.807) is 0 Å². The van der Waals surface area contributed by atoms with Gasteiger partial charge in [0, 0.05) is 6.54 Å². The molecular formula is C14H17FN2O3. The molecule has 1 aliphatic rings. The summed E-state index contributed by atoms with van der Waals surface area (Å²) < 4.78 is 13.1. The third-order valence-corrected chi connectivity index (χ3v) is 3.70. The van der Waals surface area contributed by atoms with Crippen LogP contribution in [0.1, 0.15) is 36.5 Å². The number of hydrogen-bond acceptors (Lipinski definition) is 2. The van der Waals surface area contributed by atoms with Gasteiger partial charge in [0.1, 0.15) is 5.82 Å². The molecule has 1 aliphatic carbocycles. The number of carbonyl (C=O) groups excluding carboxylic acids is 1. The first-order valence-corrected chi connectivity index (χ1v) is 6.47. The van der Waals surface area contributed by atoms with Crippen LogP contribution in [0.15, 0.2) is 18.2 Å². The van der Waals surface area contributed by atoms with E-state index in [0.29, 0.717) is 6.54 Å². The van der Waals surface area contributed by atoms with Crippen molar-refractivity contribution < 1.29 is 19.1 Å². The van der Waals surface area contributed by atoms with Crippen LogP contribution in [0.2, 0.25) is 0 Å². The number of hydrogen-bond donors (Lipinski definition) is 3. The Bertz CT molecular complexity index is 541. The number of benzene rings is 1. The Hall–Kier alpha value is -2.11. The minimum atomic E-state index is -1.22. The molecular weight excluding hydrogens is 263 g/mol. The fourth-order valence-corrected chi connectivity index (χ4v) is 2.22. The molecule has 1 aromatic carbocycles. The van der Waals surface area contributed by atoms with Crippen molar-refractivity contribution in [1.82, 2.24) is 5.32 Å². The van der Waals surface area contributed by atoms with E-state index in [1.807, 2.05) is 0 Å². The van der Waals surface area contributed by atoms with Gasteiger partial charge in [-0.2, -0.15) is 0 Å². The van der Waals surface area contributed by atoms with Crippen LogP contribution in [-0.2, 0) is 0 Å². The molecule has 0 atom stereocenters. The first kappa shape index (κ1) is 14.3. The highest BCUT2D eigenvalue weighted by Gasteiger charge is 2.31. The first-order valence-electron chi connectivity index (χ1n) is 6.47. The molecule has 3 N–H and O–H groups in total. The van der Waals surface area contributed by atoms with Gasteiger partial charge in [0.05, 0.1) is 11.3 Å². The van der Waals surface area contributed by atoms with E-state index in [9.17, 15) is 14.0 Å². The second-order valence-corrected chi connectivity index (χ2v) is 5.47. The van der Waals surface area contributed by atoms with Crippen LogP contribution in [0, 0.1) is 11.2 Å². The molecule has 1 aromatic rings. The molecule has 0 radical (unpaired) electrons. The van der Waals surface area contributed by atoms with Crippen molar-refractivity contribution in [2.24, 2.45) is 5.41 Å².